The number of rotatable bonds is 4. The molecule has 2 aromatic carbocycles. The maximum absolute atomic E-state index is 5.64. The molecule has 4 heteroatoms. The lowest BCUT2D eigenvalue weighted by molar-refractivity contribution is 0.184. The fourth-order valence-corrected chi connectivity index (χ4v) is 2.02. The quantitative estimate of drug-likeness (QED) is 0.794. The summed E-state index contributed by atoms with van der Waals surface area (Å²) < 4.78 is 9.99. The van der Waals surface area contributed by atoms with E-state index in [2.05, 4.69) is 32.0 Å². The normalized spacial score (nSPS) is 9.17. The molecule has 0 atom stereocenters. The van der Waals surface area contributed by atoms with Crippen LogP contribution in [0.5, 0.6) is 0 Å². The van der Waals surface area contributed by atoms with Crippen LogP contribution in [0.15, 0.2) is 36.4 Å². The molecule has 0 amide bonds. The average molecular weight is 335 g/mol. The van der Waals surface area contributed by atoms with E-state index < -0.39 is 0 Å². The summed E-state index contributed by atoms with van der Waals surface area (Å²) in [6.45, 7) is 5.43. The molecule has 0 radical (unpaired) electrons. The molecule has 136 valence electrons. The Morgan fingerprint density at radius 2 is 1.38 bits per heavy atom. The minimum atomic E-state index is 0. The lowest BCUT2D eigenvalue weighted by Gasteiger charge is -2.04. The second-order valence-electron chi connectivity index (χ2n) is 5.25. The lowest BCUT2D eigenvalue weighted by Crippen LogP contribution is -1.97. The Kier molecular flexibility index (Phi) is 12.5. The maximum Gasteiger partial charge on any atom is 0.0733 e. The molecule has 4 N–H and O–H groups in total. The van der Waals surface area contributed by atoms with Crippen LogP contribution in [0.4, 0.5) is 11.4 Å². The van der Waals surface area contributed by atoms with Crippen molar-refractivity contribution in [2.45, 2.75) is 41.9 Å². The van der Waals surface area contributed by atoms with Crippen LogP contribution in [0.25, 0.3) is 0 Å². The van der Waals surface area contributed by atoms with Gasteiger partial charge in [0.25, 0.3) is 0 Å². The summed E-state index contributed by atoms with van der Waals surface area (Å²) in [5.41, 5.74) is 17.4. The molecule has 0 aromatic heterocycles. The van der Waals surface area contributed by atoms with Gasteiger partial charge in [-0.15, -0.1) is 0 Å². The fourth-order valence-electron chi connectivity index (χ4n) is 2.02. The predicted molar refractivity (Wildman–Crippen MR) is 106 cm³/mol. The van der Waals surface area contributed by atoms with Gasteiger partial charge in [-0.2, -0.15) is 0 Å². The number of nitrogens with two attached hydrogens (primary N) is 2. The predicted octanol–water partition coefficient (Wildman–Crippen LogP) is 4.72. The second-order valence-corrected chi connectivity index (χ2v) is 5.25. The summed E-state index contributed by atoms with van der Waals surface area (Å²) in [7, 11) is 3.35. The van der Waals surface area contributed by atoms with E-state index in [-0.39, 0.29) is 14.9 Å². The van der Waals surface area contributed by atoms with Crippen LogP contribution >= 0.6 is 0 Å². The van der Waals surface area contributed by atoms with E-state index in [1.54, 1.807) is 26.4 Å². The molecule has 0 fully saturated rings. The minimum Gasteiger partial charge on any atom is -0.399 e. The van der Waals surface area contributed by atoms with E-state index in [4.69, 9.17) is 20.9 Å². The first-order valence-corrected chi connectivity index (χ1v) is 7.15. The Morgan fingerprint density at radius 3 is 1.96 bits per heavy atom. The minimum absolute atomic E-state index is 0. The van der Waals surface area contributed by atoms with E-state index in [0.717, 1.165) is 11.3 Å². The molecule has 0 spiro atoms. The van der Waals surface area contributed by atoms with Crippen LogP contribution in [0.1, 0.15) is 37.1 Å². The first-order chi connectivity index (χ1) is 10.5. The number of ether oxygens (including phenoxy) is 2. The van der Waals surface area contributed by atoms with Gasteiger partial charge in [0.1, 0.15) is 0 Å². The molecule has 24 heavy (non-hydrogen) atoms. The van der Waals surface area contributed by atoms with E-state index in [9.17, 15) is 0 Å². The highest BCUT2D eigenvalue weighted by Gasteiger charge is 1.97. The van der Waals surface area contributed by atoms with E-state index in [0.29, 0.717) is 18.9 Å². The Morgan fingerprint density at radius 1 is 0.792 bits per heavy atom. The van der Waals surface area contributed by atoms with Crippen molar-refractivity contribution in [2.75, 3.05) is 25.7 Å². The van der Waals surface area contributed by atoms with Crippen molar-refractivity contribution < 1.29 is 9.47 Å². The Bertz CT molecular complexity index is 545. The van der Waals surface area contributed by atoms with Crippen molar-refractivity contribution >= 4 is 11.4 Å². The zero-order valence-electron chi connectivity index (χ0n) is 13.8. The molecular weight excluding hydrogens is 300 g/mol. The van der Waals surface area contributed by atoms with Crippen molar-refractivity contribution in [3.63, 3.8) is 0 Å². The van der Waals surface area contributed by atoms with Crippen molar-refractivity contribution in [3.05, 3.63) is 58.7 Å². The smallest absolute Gasteiger partial charge is 0.0733 e. The SMILES string of the molecule is C.C.COCc1cc(C)ccc1C.COCc1cc(N)ccc1N. The molecular formula is C20H34N2O2. The van der Waals surface area contributed by atoms with Gasteiger partial charge in [0.15, 0.2) is 0 Å². The first-order valence-electron chi connectivity index (χ1n) is 7.15. The number of benzene rings is 2. The number of anilines is 2. The van der Waals surface area contributed by atoms with Crippen LogP contribution in [0.2, 0.25) is 0 Å². The molecule has 2 aromatic rings. The summed E-state index contributed by atoms with van der Waals surface area (Å²) in [5.74, 6) is 0. The van der Waals surface area contributed by atoms with Crippen LogP contribution in [0, 0.1) is 13.8 Å². The van der Waals surface area contributed by atoms with Crippen molar-refractivity contribution in [1.82, 2.24) is 0 Å². The van der Waals surface area contributed by atoms with Gasteiger partial charge in [-0.25, -0.2) is 0 Å². The lowest BCUT2D eigenvalue weighted by atomic mass is 10.1. The highest BCUT2D eigenvalue weighted by molar-refractivity contribution is 5.54. The van der Waals surface area contributed by atoms with Gasteiger partial charge < -0.3 is 20.9 Å². The van der Waals surface area contributed by atoms with Crippen LogP contribution in [-0.2, 0) is 22.7 Å². The van der Waals surface area contributed by atoms with Crippen LogP contribution in [0.3, 0.4) is 0 Å². The monoisotopic (exact) mass is 334 g/mol. The van der Waals surface area contributed by atoms with Crippen molar-refractivity contribution in [3.8, 4) is 0 Å². The molecule has 0 bridgehead atoms. The molecule has 0 saturated heterocycles. The summed E-state index contributed by atoms with van der Waals surface area (Å²) in [4.78, 5) is 0. The van der Waals surface area contributed by atoms with Gasteiger partial charge in [0, 0.05) is 31.2 Å². The average Bonchev–Trinajstić information content (AvgIpc) is 2.48. The van der Waals surface area contributed by atoms with Gasteiger partial charge in [0.2, 0.25) is 0 Å². The highest BCUT2D eigenvalue weighted by atomic mass is 16.5. The Labute approximate surface area is 147 Å². The van der Waals surface area contributed by atoms with Crippen LogP contribution in [-0.4, -0.2) is 14.2 Å². The Hall–Kier alpha value is -2.04. The van der Waals surface area contributed by atoms with Gasteiger partial charge >= 0.3 is 0 Å². The van der Waals surface area contributed by atoms with Crippen molar-refractivity contribution in [2.24, 2.45) is 0 Å². The van der Waals surface area contributed by atoms with Crippen LogP contribution < -0.4 is 11.5 Å². The molecule has 0 aliphatic rings. The zero-order chi connectivity index (χ0) is 16.5. The number of hydrogen-bond donors (Lipinski definition) is 2. The molecule has 0 saturated carbocycles. The summed E-state index contributed by atoms with van der Waals surface area (Å²) in [6, 6.07) is 11.8. The summed E-state index contributed by atoms with van der Waals surface area (Å²) in [5, 5.41) is 0. The number of nitrogen functional groups attached to an aromatic ring is 2. The second kappa shape index (κ2) is 12.4. The maximum atomic E-state index is 5.64. The number of aryl methyl sites for hydroxylation is 2. The van der Waals surface area contributed by atoms with E-state index in [1.165, 1.54) is 16.7 Å². The molecule has 4 nitrogen and oxygen atoms in total. The zero-order valence-corrected chi connectivity index (χ0v) is 13.8. The van der Waals surface area contributed by atoms with Crippen molar-refractivity contribution in [1.29, 1.82) is 0 Å². The standard InChI is InChI=1S/C10H14O.C8H12N2O.2CH4/c1-8-4-5-9(2)10(6-8)7-11-3;1-11-5-6-4-7(9)2-3-8(6)10;;/h4-6H,7H2,1-3H3;2-4H,5,9-10H2,1H3;2*1H4. The van der Waals surface area contributed by atoms with Gasteiger partial charge in [-0.1, -0.05) is 38.6 Å². The number of methoxy groups -OCH3 is 2. The largest absolute Gasteiger partial charge is 0.399 e. The first kappa shape index (κ1) is 24.2. The Balaban J connectivity index is 0. The summed E-state index contributed by atoms with van der Waals surface area (Å²) in [6.07, 6.45) is 0. The number of hydrogen-bond acceptors (Lipinski definition) is 4. The highest BCUT2D eigenvalue weighted by Crippen LogP contribution is 2.15. The van der Waals surface area contributed by atoms with E-state index >= 15 is 0 Å². The summed E-state index contributed by atoms with van der Waals surface area (Å²) >= 11 is 0. The molecule has 0 aliphatic carbocycles. The van der Waals surface area contributed by atoms with Gasteiger partial charge in [-0.3, -0.25) is 0 Å². The molecule has 0 heterocycles. The van der Waals surface area contributed by atoms with Gasteiger partial charge in [-0.05, 0) is 43.2 Å². The third-order valence-corrected chi connectivity index (χ3v) is 3.27. The fraction of sp³-hybridized carbons (Fsp3) is 0.400. The molecule has 0 unspecified atom stereocenters. The van der Waals surface area contributed by atoms with Gasteiger partial charge in [0.05, 0.1) is 13.2 Å². The third-order valence-electron chi connectivity index (χ3n) is 3.27. The molecule has 2 rings (SSSR count). The third kappa shape index (κ3) is 7.99. The molecule has 0 aliphatic heterocycles. The van der Waals surface area contributed by atoms with E-state index in [1.807, 2.05) is 6.07 Å². The topological polar surface area (TPSA) is 70.5 Å².